The first-order valence-corrected chi connectivity index (χ1v) is 13.6. The van der Waals surface area contributed by atoms with Crippen molar-refractivity contribution in [2.24, 2.45) is 5.92 Å². The minimum Gasteiger partial charge on any atom is -0.393 e. The van der Waals surface area contributed by atoms with Gasteiger partial charge in [0.15, 0.2) is 0 Å². The van der Waals surface area contributed by atoms with Crippen molar-refractivity contribution >= 4 is 22.9 Å². The number of aliphatic hydroxyl groups excluding tert-OH is 1. The van der Waals surface area contributed by atoms with Gasteiger partial charge in [0, 0.05) is 42.2 Å². The zero-order chi connectivity index (χ0) is 26.9. The maximum atomic E-state index is 13.0. The molecule has 2 aromatic heterocycles. The lowest BCUT2D eigenvalue weighted by molar-refractivity contribution is -0.140. The summed E-state index contributed by atoms with van der Waals surface area (Å²) in [5, 5.41) is 17.4. The normalized spacial score (nSPS) is 25.8. The van der Waals surface area contributed by atoms with Crippen LogP contribution in [0.1, 0.15) is 75.5 Å². The number of carbonyl (C=O) groups excluding carboxylic acids is 1. The van der Waals surface area contributed by atoms with E-state index in [0.717, 1.165) is 48.0 Å². The van der Waals surface area contributed by atoms with Crippen molar-refractivity contribution in [3.05, 3.63) is 29.6 Å². The molecular weight excluding hydrogens is 499 g/mol. The van der Waals surface area contributed by atoms with Crippen LogP contribution in [0.2, 0.25) is 0 Å². The number of allylic oxidation sites excluding steroid dienone is 2. The number of halogens is 3. The van der Waals surface area contributed by atoms with Crippen LogP contribution < -0.4 is 5.32 Å². The van der Waals surface area contributed by atoms with Gasteiger partial charge in [-0.1, -0.05) is 6.08 Å². The molecule has 2 aromatic rings. The second-order valence-corrected chi connectivity index (χ2v) is 10.9. The van der Waals surface area contributed by atoms with Crippen molar-refractivity contribution in [2.45, 2.75) is 82.5 Å². The highest BCUT2D eigenvalue weighted by Gasteiger charge is 2.32. The fourth-order valence-electron chi connectivity index (χ4n) is 5.96. The van der Waals surface area contributed by atoms with Gasteiger partial charge in [-0.25, -0.2) is 9.50 Å². The van der Waals surface area contributed by atoms with Gasteiger partial charge in [-0.05, 0) is 63.5 Å². The average molecular weight is 536 g/mol. The highest BCUT2D eigenvalue weighted by molar-refractivity contribution is 5.83. The maximum absolute atomic E-state index is 13.0. The number of morpholine rings is 1. The molecule has 2 N–H and O–H groups in total. The molecule has 1 saturated heterocycles. The molecule has 208 valence electrons. The lowest BCUT2D eigenvalue weighted by Gasteiger charge is -2.31. The van der Waals surface area contributed by atoms with E-state index in [1.807, 2.05) is 9.42 Å². The quantitative estimate of drug-likeness (QED) is 0.564. The number of fused-ring (bicyclic) bond motifs is 1. The van der Waals surface area contributed by atoms with Crippen molar-refractivity contribution in [2.75, 3.05) is 31.6 Å². The van der Waals surface area contributed by atoms with Crippen molar-refractivity contribution in [3.63, 3.8) is 0 Å². The number of anilines is 1. The van der Waals surface area contributed by atoms with E-state index in [1.54, 1.807) is 6.20 Å². The number of ether oxygens (including phenoxy) is 1. The molecule has 2 aliphatic carbocycles. The van der Waals surface area contributed by atoms with Gasteiger partial charge in [0.05, 0.1) is 37.5 Å². The number of carbonyl (C=O) groups is 1. The second kappa shape index (κ2) is 11.2. The summed E-state index contributed by atoms with van der Waals surface area (Å²) in [7, 11) is 0. The number of hydrogen-bond donors (Lipinski definition) is 2. The van der Waals surface area contributed by atoms with Crippen molar-refractivity contribution in [1.29, 1.82) is 0 Å². The van der Waals surface area contributed by atoms with Gasteiger partial charge in [0.2, 0.25) is 11.9 Å². The van der Waals surface area contributed by atoms with E-state index in [0.29, 0.717) is 45.6 Å². The molecule has 38 heavy (non-hydrogen) atoms. The first-order chi connectivity index (χ1) is 18.2. The zero-order valence-corrected chi connectivity index (χ0v) is 21.7. The van der Waals surface area contributed by atoms with Gasteiger partial charge in [-0.2, -0.15) is 13.2 Å². The fourth-order valence-corrected chi connectivity index (χ4v) is 5.96. The summed E-state index contributed by atoms with van der Waals surface area (Å²) >= 11 is 0. The summed E-state index contributed by atoms with van der Waals surface area (Å²) < 4.78 is 45.7. The first kappa shape index (κ1) is 26.9. The van der Waals surface area contributed by atoms with E-state index in [9.17, 15) is 23.1 Å². The predicted molar refractivity (Wildman–Crippen MR) is 137 cm³/mol. The molecule has 3 heterocycles. The molecule has 1 saturated carbocycles. The van der Waals surface area contributed by atoms with Gasteiger partial charge in [0.1, 0.15) is 0 Å². The number of aliphatic hydroxyl groups is 1. The number of nitrogens with zero attached hydrogens (tertiary/aromatic N) is 4. The Morgan fingerprint density at radius 1 is 1.21 bits per heavy atom. The standard InChI is InChI=1S/C27H36F3N5O3/c1-17(15-27(28,29)30)32-26-31-16-24-22(14-23(35(24)33-26)19-6-8-21(36)9-7-19)18-2-4-20(5-3-18)25(37)34-10-12-38-13-11-34/h2,14,16-17,19-21,36H,3-13,15H2,1H3,(H,32,33)/t17-,19-,20-,21-/m0/s1. The van der Waals surface area contributed by atoms with Gasteiger partial charge in [-0.3, -0.25) is 4.79 Å². The Kier molecular flexibility index (Phi) is 7.95. The van der Waals surface area contributed by atoms with Crippen LogP contribution >= 0.6 is 0 Å². The van der Waals surface area contributed by atoms with Crippen LogP contribution in [-0.4, -0.2) is 75.1 Å². The summed E-state index contributed by atoms with van der Waals surface area (Å²) in [6.45, 7) is 3.93. The third-order valence-corrected chi connectivity index (χ3v) is 8.00. The van der Waals surface area contributed by atoms with Gasteiger partial charge in [-0.15, -0.1) is 5.10 Å². The molecule has 5 rings (SSSR count). The Hall–Kier alpha value is -2.66. The molecular formula is C27H36F3N5O3. The molecule has 1 aliphatic heterocycles. The minimum atomic E-state index is -4.28. The van der Waals surface area contributed by atoms with E-state index >= 15 is 0 Å². The highest BCUT2D eigenvalue weighted by Crippen LogP contribution is 2.39. The second-order valence-electron chi connectivity index (χ2n) is 10.9. The van der Waals surface area contributed by atoms with Crippen molar-refractivity contribution < 1.29 is 27.8 Å². The molecule has 0 radical (unpaired) electrons. The monoisotopic (exact) mass is 535 g/mol. The Bertz CT molecular complexity index is 1170. The summed E-state index contributed by atoms with van der Waals surface area (Å²) in [4.78, 5) is 19.2. The van der Waals surface area contributed by atoms with Crippen LogP contribution in [0.4, 0.5) is 19.1 Å². The minimum absolute atomic E-state index is 0.0350. The Morgan fingerprint density at radius 3 is 2.61 bits per heavy atom. The van der Waals surface area contributed by atoms with E-state index in [-0.39, 0.29) is 29.8 Å². The molecule has 2 atom stereocenters. The van der Waals surface area contributed by atoms with Gasteiger partial charge >= 0.3 is 6.18 Å². The van der Waals surface area contributed by atoms with Crippen LogP contribution in [0.15, 0.2) is 18.3 Å². The third kappa shape index (κ3) is 6.14. The molecule has 0 bridgehead atoms. The maximum Gasteiger partial charge on any atom is 0.391 e. The molecule has 0 unspecified atom stereocenters. The SMILES string of the molecule is C[C@@H](CC(F)(F)F)Nc1ncc2c(C3=CC[C@H](C(=O)N4CCOCC4)CC3)cc([C@H]3CC[C@H](O)CC3)n2n1. The number of nitrogens with one attached hydrogen (secondary N) is 1. The van der Waals surface area contributed by atoms with Gasteiger partial charge < -0.3 is 20.1 Å². The number of aromatic nitrogens is 3. The first-order valence-electron chi connectivity index (χ1n) is 13.6. The van der Waals surface area contributed by atoms with Crippen molar-refractivity contribution in [3.8, 4) is 0 Å². The molecule has 0 aromatic carbocycles. The molecule has 1 amide bonds. The lowest BCUT2D eigenvalue weighted by Crippen LogP contribution is -2.44. The number of amides is 1. The van der Waals surface area contributed by atoms with Gasteiger partial charge in [0.25, 0.3) is 0 Å². The molecule has 8 nitrogen and oxygen atoms in total. The lowest BCUT2D eigenvalue weighted by atomic mass is 9.84. The highest BCUT2D eigenvalue weighted by atomic mass is 19.4. The van der Waals surface area contributed by atoms with Crippen LogP contribution in [0, 0.1) is 5.92 Å². The van der Waals surface area contributed by atoms with Crippen LogP contribution in [0.5, 0.6) is 0 Å². The summed E-state index contributed by atoms with van der Waals surface area (Å²) in [5.41, 5.74) is 3.95. The average Bonchev–Trinajstić information content (AvgIpc) is 3.27. The Balaban J connectivity index is 1.40. The molecule has 2 fully saturated rings. The Labute approximate surface area is 220 Å². The van der Waals surface area contributed by atoms with E-state index in [1.165, 1.54) is 6.92 Å². The summed E-state index contributed by atoms with van der Waals surface area (Å²) in [5.74, 6) is 0.503. The molecule has 3 aliphatic rings. The fraction of sp³-hybridized carbons (Fsp3) is 0.667. The summed E-state index contributed by atoms with van der Waals surface area (Å²) in [6, 6.07) is 1.27. The number of hydrogen-bond acceptors (Lipinski definition) is 6. The smallest absolute Gasteiger partial charge is 0.391 e. The molecule has 11 heteroatoms. The summed E-state index contributed by atoms with van der Waals surface area (Å²) in [6.07, 6.45) is 3.52. The van der Waals surface area contributed by atoms with Crippen LogP contribution in [0.25, 0.3) is 11.1 Å². The van der Waals surface area contributed by atoms with Crippen molar-refractivity contribution in [1.82, 2.24) is 19.5 Å². The largest absolute Gasteiger partial charge is 0.393 e. The topological polar surface area (TPSA) is 92.0 Å². The predicted octanol–water partition coefficient (Wildman–Crippen LogP) is 4.54. The van der Waals surface area contributed by atoms with Crippen LogP contribution in [-0.2, 0) is 9.53 Å². The molecule has 0 spiro atoms. The third-order valence-electron chi connectivity index (χ3n) is 8.00. The van der Waals surface area contributed by atoms with Crippen LogP contribution in [0.3, 0.4) is 0 Å². The number of rotatable bonds is 6. The van der Waals surface area contributed by atoms with E-state index in [4.69, 9.17) is 4.74 Å². The zero-order valence-electron chi connectivity index (χ0n) is 21.7. The van der Waals surface area contributed by atoms with E-state index < -0.39 is 18.6 Å². The Morgan fingerprint density at radius 2 is 1.95 bits per heavy atom. The van der Waals surface area contributed by atoms with E-state index in [2.05, 4.69) is 27.5 Å². The number of alkyl halides is 3.